The van der Waals surface area contributed by atoms with Crippen molar-refractivity contribution in [1.82, 2.24) is 4.98 Å². The Labute approximate surface area is 167 Å². The van der Waals surface area contributed by atoms with E-state index in [2.05, 4.69) is 9.71 Å². The number of nitrogens with one attached hydrogen (secondary N) is 1. The summed E-state index contributed by atoms with van der Waals surface area (Å²) >= 11 is 0. The minimum atomic E-state index is -3.97. The molecule has 148 valence electrons. The zero-order valence-corrected chi connectivity index (χ0v) is 16.4. The SMILES string of the molecule is COc1ccccc1NS(=O)(=O)c1ccc2c(c1)C(=O)N(C)c1ncccc1O2. The highest BCUT2D eigenvalue weighted by Gasteiger charge is 2.28. The lowest BCUT2D eigenvalue weighted by molar-refractivity contribution is 0.0992. The van der Waals surface area contributed by atoms with Crippen LogP contribution < -0.4 is 19.1 Å². The Morgan fingerprint density at radius 1 is 1.07 bits per heavy atom. The van der Waals surface area contributed by atoms with Gasteiger partial charge in [-0.15, -0.1) is 0 Å². The quantitative estimate of drug-likeness (QED) is 0.708. The van der Waals surface area contributed by atoms with Crippen LogP contribution in [-0.4, -0.2) is 33.5 Å². The van der Waals surface area contributed by atoms with Crippen LogP contribution >= 0.6 is 0 Å². The molecule has 0 atom stereocenters. The zero-order chi connectivity index (χ0) is 20.6. The number of pyridine rings is 1. The Balaban J connectivity index is 1.74. The van der Waals surface area contributed by atoms with Crippen LogP contribution in [0.25, 0.3) is 0 Å². The van der Waals surface area contributed by atoms with Gasteiger partial charge in [-0.05, 0) is 42.5 Å². The van der Waals surface area contributed by atoms with Gasteiger partial charge >= 0.3 is 0 Å². The van der Waals surface area contributed by atoms with E-state index in [1.165, 1.54) is 30.2 Å². The van der Waals surface area contributed by atoms with Gasteiger partial charge in [0, 0.05) is 13.2 Å². The first-order chi connectivity index (χ1) is 13.9. The minimum Gasteiger partial charge on any atom is -0.495 e. The van der Waals surface area contributed by atoms with Gasteiger partial charge in [0.05, 0.1) is 23.3 Å². The van der Waals surface area contributed by atoms with Crippen LogP contribution in [0.2, 0.25) is 0 Å². The van der Waals surface area contributed by atoms with Crippen molar-refractivity contribution in [2.75, 3.05) is 23.8 Å². The summed E-state index contributed by atoms with van der Waals surface area (Å²) in [4.78, 5) is 18.3. The molecule has 0 unspecified atom stereocenters. The van der Waals surface area contributed by atoms with E-state index >= 15 is 0 Å². The van der Waals surface area contributed by atoms with Crippen LogP contribution in [0.3, 0.4) is 0 Å². The number of anilines is 2. The molecule has 4 rings (SSSR count). The molecule has 0 bridgehead atoms. The molecule has 0 aliphatic carbocycles. The fraction of sp³-hybridized carbons (Fsp3) is 0.100. The molecule has 0 spiro atoms. The second-order valence-electron chi connectivity index (χ2n) is 6.26. The smallest absolute Gasteiger partial charge is 0.263 e. The first kappa shape index (κ1) is 18.8. The van der Waals surface area contributed by atoms with Gasteiger partial charge in [-0.2, -0.15) is 0 Å². The van der Waals surface area contributed by atoms with Gasteiger partial charge in [-0.25, -0.2) is 13.4 Å². The number of carbonyl (C=O) groups is 1. The Bertz CT molecular complexity index is 1210. The molecule has 29 heavy (non-hydrogen) atoms. The third-order valence-corrected chi connectivity index (χ3v) is 5.80. The molecule has 0 saturated carbocycles. The summed E-state index contributed by atoms with van der Waals surface area (Å²) in [6, 6.07) is 14.2. The molecule has 0 saturated heterocycles. The number of hydrogen-bond donors (Lipinski definition) is 1. The molecule has 1 N–H and O–H groups in total. The second kappa shape index (κ2) is 7.10. The third-order valence-electron chi connectivity index (χ3n) is 4.44. The lowest BCUT2D eigenvalue weighted by Gasteiger charge is -2.15. The Morgan fingerprint density at radius 3 is 2.66 bits per heavy atom. The van der Waals surface area contributed by atoms with Gasteiger partial charge in [0.25, 0.3) is 15.9 Å². The Kier molecular flexibility index (Phi) is 4.59. The summed E-state index contributed by atoms with van der Waals surface area (Å²) in [7, 11) is -0.964. The minimum absolute atomic E-state index is 0.0774. The molecule has 2 heterocycles. The first-order valence-electron chi connectivity index (χ1n) is 8.61. The van der Waals surface area contributed by atoms with E-state index in [0.717, 1.165) is 0 Å². The molecule has 1 aliphatic heterocycles. The molecular weight excluding hydrogens is 394 g/mol. The van der Waals surface area contributed by atoms with E-state index in [4.69, 9.17) is 9.47 Å². The largest absolute Gasteiger partial charge is 0.495 e. The molecule has 3 aromatic rings. The normalized spacial score (nSPS) is 13.0. The van der Waals surface area contributed by atoms with Gasteiger partial charge in [0.15, 0.2) is 11.6 Å². The highest BCUT2D eigenvalue weighted by atomic mass is 32.2. The molecule has 9 heteroatoms. The van der Waals surface area contributed by atoms with Crippen LogP contribution in [0.5, 0.6) is 17.2 Å². The monoisotopic (exact) mass is 411 g/mol. The third kappa shape index (κ3) is 3.36. The fourth-order valence-electron chi connectivity index (χ4n) is 2.97. The van der Waals surface area contributed by atoms with Crippen molar-refractivity contribution < 1.29 is 22.7 Å². The summed E-state index contributed by atoms with van der Waals surface area (Å²) in [5, 5.41) is 0. The molecule has 1 amide bonds. The van der Waals surface area contributed by atoms with E-state index in [1.54, 1.807) is 49.6 Å². The average molecular weight is 411 g/mol. The Hall–Kier alpha value is -3.59. The van der Waals surface area contributed by atoms with Crippen LogP contribution in [0.15, 0.2) is 65.7 Å². The van der Waals surface area contributed by atoms with E-state index < -0.39 is 15.9 Å². The average Bonchev–Trinajstić information content (AvgIpc) is 2.83. The molecule has 1 aliphatic rings. The number of methoxy groups -OCH3 is 1. The lowest BCUT2D eigenvalue weighted by atomic mass is 10.2. The summed E-state index contributed by atoms with van der Waals surface area (Å²) in [5.74, 6) is 0.971. The number of ether oxygens (including phenoxy) is 2. The van der Waals surface area contributed by atoms with Crippen molar-refractivity contribution in [3.8, 4) is 17.2 Å². The van der Waals surface area contributed by atoms with Crippen LogP contribution in [0.4, 0.5) is 11.5 Å². The van der Waals surface area contributed by atoms with Gasteiger partial charge in [-0.3, -0.25) is 14.4 Å². The van der Waals surface area contributed by atoms with E-state index in [-0.39, 0.29) is 16.2 Å². The molecule has 1 aromatic heterocycles. The first-order valence-corrected chi connectivity index (χ1v) is 10.1. The number of para-hydroxylation sites is 2. The zero-order valence-electron chi connectivity index (χ0n) is 15.6. The number of benzene rings is 2. The maximum absolute atomic E-state index is 12.9. The van der Waals surface area contributed by atoms with E-state index in [1.807, 2.05) is 0 Å². The predicted octanol–water partition coefficient (Wildman–Crippen LogP) is 3.27. The number of carbonyl (C=O) groups excluding carboxylic acids is 1. The molecular formula is C20H17N3O5S. The fourth-order valence-corrected chi connectivity index (χ4v) is 4.07. The van der Waals surface area contributed by atoms with Crippen LogP contribution in [0, 0.1) is 0 Å². The van der Waals surface area contributed by atoms with Gasteiger partial charge < -0.3 is 9.47 Å². The number of amides is 1. The van der Waals surface area contributed by atoms with Crippen molar-refractivity contribution in [2.24, 2.45) is 0 Å². The Morgan fingerprint density at radius 2 is 1.86 bits per heavy atom. The van der Waals surface area contributed by atoms with Crippen molar-refractivity contribution in [2.45, 2.75) is 4.90 Å². The molecule has 2 aromatic carbocycles. The van der Waals surface area contributed by atoms with Crippen LogP contribution in [0.1, 0.15) is 10.4 Å². The number of hydrogen-bond acceptors (Lipinski definition) is 6. The number of sulfonamides is 1. The summed E-state index contributed by atoms with van der Waals surface area (Å²) in [6.07, 6.45) is 1.55. The summed E-state index contributed by atoms with van der Waals surface area (Å²) in [6.45, 7) is 0. The number of fused-ring (bicyclic) bond motifs is 2. The molecule has 8 nitrogen and oxygen atoms in total. The molecule has 0 fully saturated rings. The number of aromatic nitrogens is 1. The van der Waals surface area contributed by atoms with Crippen molar-refractivity contribution in [3.63, 3.8) is 0 Å². The summed E-state index contributed by atoms with van der Waals surface area (Å²) in [5.41, 5.74) is 0.412. The van der Waals surface area contributed by atoms with Crippen molar-refractivity contribution >= 4 is 27.4 Å². The van der Waals surface area contributed by atoms with Crippen molar-refractivity contribution in [3.05, 3.63) is 66.4 Å². The second-order valence-corrected chi connectivity index (χ2v) is 7.94. The topological polar surface area (TPSA) is 97.8 Å². The van der Waals surface area contributed by atoms with Gasteiger partial charge in [0.2, 0.25) is 0 Å². The van der Waals surface area contributed by atoms with Gasteiger partial charge in [0.1, 0.15) is 11.5 Å². The number of nitrogens with zero attached hydrogens (tertiary/aromatic N) is 2. The van der Waals surface area contributed by atoms with Crippen LogP contribution in [-0.2, 0) is 10.0 Å². The van der Waals surface area contributed by atoms with Crippen molar-refractivity contribution in [1.29, 1.82) is 0 Å². The highest BCUT2D eigenvalue weighted by molar-refractivity contribution is 7.92. The molecule has 0 radical (unpaired) electrons. The standard InChI is InChI=1S/C20H17N3O5S/c1-23-19-18(8-5-11-21-19)28-16-10-9-13(12-14(16)20(23)24)29(25,26)22-15-6-3-4-7-17(15)27-2/h3-12,22H,1-2H3. The van der Waals surface area contributed by atoms with E-state index in [0.29, 0.717) is 23.0 Å². The highest BCUT2D eigenvalue weighted by Crippen LogP contribution is 2.37. The number of rotatable bonds is 4. The van der Waals surface area contributed by atoms with Gasteiger partial charge in [-0.1, -0.05) is 12.1 Å². The summed E-state index contributed by atoms with van der Waals surface area (Å²) < 4.78 is 39.3. The maximum atomic E-state index is 12.9. The maximum Gasteiger partial charge on any atom is 0.263 e. The lowest BCUT2D eigenvalue weighted by Crippen LogP contribution is -2.26. The predicted molar refractivity (Wildman–Crippen MR) is 107 cm³/mol. The van der Waals surface area contributed by atoms with E-state index in [9.17, 15) is 13.2 Å².